The van der Waals surface area contributed by atoms with Crippen molar-refractivity contribution in [2.45, 2.75) is 11.8 Å². The third-order valence-electron chi connectivity index (χ3n) is 2.94. The number of oxazole rings is 1. The molecule has 124 valence electrons. The Hall–Kier alpha value is -2.61. The number of hydrogen-bond acceptors (Lipinski definition) is 5. The molecule has 2 aromatic carbocycles. The van der Waals surface area contributed by atoms with E-state index in [0.29, 0.717) is 16.5 Å². The second-order valence-corrected chi connectivity index (χ2v) is 5.62. The molecule has 0 unspecified atom stereocenters. The van der Waals surface area contributed by atoms with Crippen LogP contribution < -0.4 is 10.1 Å². The van der Waals surface area contributed by atoms with Crippen molar-refractivity contribution in [1.82, 2.24) is 4.98 Å². The molecule has 0 spiro atoms. The fourth-order valence-corrected chi connectivity index (χ4v) is 2.63. The Kier molecular flexibility index (Phi) is 4.95. The molecule has 0 fully saturated rings. The molecule has 24 heavy (non-hydrogen) atoms. The summed E-state index contributed by atoms with van der Waals surface area (Å²) in [7, 11) is 0. The van der Waals surface area contributed by atoms with Gasteiger partial charge in [-0.25, -0.2) is 4.98 Å². The van der Waals surface area contributed by atoms with Crippen LogP contribution in [0.5, 0.6) is 5.75 Å². The third kappa shape index (κ3) is 4.23. The van der Waals surface area contributed by atoms with Crippen LogP contribution in [0.1, 0.15) is 0 Å². The quantitative estimate of drug-likeness (QED) is 0.676. The smallest absolute Gasteiger partial charge is 0.387 e. The van der Waals surface area contributed by atoms with Gasteiger partial charge in [0.1, 0.15) is 11.3 Å². The number of alkyl halides is 2. The minimum Gasteiger partial charge on any atom is -0.435 e. The van der Waals surface area contributed by atoms with E-state index < -0.39 is 6.61 Å². The molecule has 0 saturated carbocycles. The van der Waals surface area contributed by atoms with Crippen molar-refractivity contribution < 1.29 is 22.7 Å². The second kappa shape index (κ2) is 7.31. The Bertz CT molecular complexity index is 821. The number of thioether (sulfide) groups is 1. The third-order valence-corrected chi connectivity index (χ3v) is 3.77. The van der Waals surface area contributed by atoms with Crippen molar-refractivity contribution in [2.75, 3.05) is 11.1 Å². The Morgan fingerprint density at radius 3 is 2.88 bits per heavy atom. The standard InChI is InChI=1S/C16H12F2N2O3S/c17-15(18)22-11-5-3-4-10(8-11)19-14(21)9-24-16-20-12-6-1-2-7-13(12)23-16/h1-8,15H,9H2,(H,19,21). The van der Waals surface area contributed by atoms with Gasteiger partial charge in [0, 0.05) is 11.8 Å². The first-order valence-corrected chi connectivity index (χ1v) is 7.92. The molecule has 5 nitrogen and oxygen atoms in total. The number of amides is 1. The summed E-state index contributed by atoms with van der Waals surface area (Å²) in [4.78, 5) is 16.2. The first-order valence-electron chi connectivity index (χ1n) is 6.93. The lowest BCUT2D eigenvalue weighted by molar-refractivity contribution is -0.113. The van der Waals surface area contributed by atoms with Gasteiger partial charge in [-0.05, 0) is 24.3 Å². The van der Waals surface area contributed by atoms with Crippen LogP contribution in [0.2, 0.25) is 0 Å². The summed E-state index contributed by atoms with van der Waals surface area (Å²) in [6, 6.07) is 13.1. The van der Waals surface area contributed by atoms with Gasteiger partial charge in [-0.2, -0.15) is 8.78 Å². The van der Waals surface area contributed by atoms with E-state index in [1.54, 1.807) is 12.1 Å². The predicted octanol–water partition coefficient (Wildman–Crippen LogP) is 4.16. The number of carbonyl (C=O) groups excluding carboxylic acids is 1. The number of aromatic nitrogens is 1. The molecular formula is C16H12F2N2O3S. The number of nitrogens with zero attached hydrogens (tertiary/aromatic N) is 1. The number of para-hydroxylation sites is 2. The van der Waals surface area contributed by atoms with Crippen molar-refractivity contribution in [2.24, 2.45) is 0 Å². The molecule has 1 heterocycles. The Morgan fingerprint density at radius 2 is 2.08 bits per heavy atom. The lowest BCUT2D eigenvalue weighted by atomic mass is 10.3. The maximum atomic E-state index is 12.2. The maximum Gasteiger partial charge on any atom is 0.387 e. The summed E-state index contributed by atoms with van der Waals surface area (Å²) in [6.45, 7) is -2.91. The van der Waals surface area contributed by atoms with Crippen LogP contribution in [0.15, 0.2) is 58.2 Å². The highest BCUT2D eigenvalue weighted by molar-refractivity contribution is 7.99. The Morgan fingerprint density at radius 1 is 1.25 bits per heavy atom. The van der Waals surface area contributed by atoms with Crippen molar-refractivity contribution in [1.29, 1.82) is 0 Å². The van der Waals surface area contributed by atoms with Gasteiger partial charge in [-0.1, -0.05) is 30.0 Å². The number of ether oxygens (including phenoxy) is 1. The molecule has 8 heteroatoms. The number of benzene rings is 2. The molecule has 0 aliphatic heterocycles. The van der Waals surface area contributed by atoms with Gasteiger partial charge >= 0.3 is 6.61 Å². The normalized spacial score (nSPS) is 11.0. The first kappa shape index (κ1) is 16.3. The van der Waals surface area contributed by atoms with Crippen molar-refractivity contribution in [3.63, 3.8) is 0 Å². The molecule has 1 N–H and O–H groups in total. The monoisotopic (exact) mass is 350 g/mol. The lowest BCUT2D eigenvalue weighted by Gasteiger charge is -2.07. The molecule has 1 amide bonds. The SMILES string of the molecule is O=C(CSc1nc2ccccc2o1)Nc1cccc(OC(F)F)c1. The van der Waals surface area contributed by atoms with E-state index in [9.17, 15) is 13.6 Å². The van der Waals surface area contributed by atoms with Crippen LogP contribution in [0.4, 0.5) is 14.5 Å². The van der Waals surface area contributed by atoms with E-state index in [1.807, 2.05) is 18.2 Å². The molecule has 0 bridgehead atoms. The van der Waals surface area contributed by atoms with E-state index in [0.717, 1.165) is 17.3 Å². The molecule has 0 aliphatic carbocycles. The maximum absolute atomic E-state index is 12.2. The Balaban J connectivity index is 1.57. The molecule has 0 radical (unpaired) electrons. The van der Waals surface area contributed by atoms with Crippen LogP contribution in [0.25, 0.3) is 11.1 Å². The van der Waals surface area contributed by atoms with Gasteiger partial charge in [0.05, 0.1) is 5.75 Å². The predicted molar refractivity (Wildman–Crippen MR) is 86.4 cm³/mol. The van der Waals surface area contributed by atoms with Crippen molar-refractivity contribution >= 4 is 34.5 Å². The fraction of sp³-hybridized carbons (Fsp3) is 0.125. The van der Waals surface area contributed by atoms with E-state index in [4.69, 9.17) is 4.42 Å². The van der Waals surface area contributed by atoms with Gasteiger partial charge in [-0.15, -0.1) is 0 Å². The number of nitrogens with one attached hydrogen (secondary N) is 1. The summed E-state index contributed by atoms with van der Waals surface area (Å²) >= 11 is 1.15. The average molecular weight is 350 g/mol. The average Bonchev–Trinajstić information content (AvgIpc) is 2.95. The van der Waals surface area contributed by atoms with Crippen LogP contribution in [0.3, 0.4) is 0 Å². The number of rotatable bonds is 6. The molecule has 3 aromatic rings. The summed E-state index contributed by atoms with van der Waals surface area (Å²) < 4.78 is 34.1. The molecule has 1 aromatic heterocycles. The van der Waals surface area contributed by atoms with E-state index in [-0.39, 0.29) is 17.4 Å². The number of hydrogen-bond donors (Lipinski definition) is 1. The number of anilines is 1. The van der Waals surface area contributed by atoms with E-state index in [1.165, 1.54) is 18.2 Å². The van der Waals surface area contributed by atoms with Gasteiger partial charge in [-0.3, -0.25) is 4.79 Å². The van der Waals surface area contributed by atoms with Crippen LogP contribution in [0, 0.1) is 0 Å². The summed E-state index contributed by atoms with van der Waals surface area (Å²) in [5.41, 5.74) is 1.74. The topological polar surface area (TPSA) is 64.4 Å². The van der Waals surface area contributed by atoms with Crippen molar-refractivity contribution in [3.05, 3.63) is 48.5 Å². The van der Waals surface area contributed by atoms with Crippen LogP contribution in [-0.2, 0) is 4.79 Å². The number of carbonyl (C=O) groups is 1. The molecular weight excluding hydrogens is 338 g/mol. The van der Waals surface area contributed by atoms with E-state index in [2.05, 4.69) is 15.0 Å². The minimum atomic E-state index is -2.91. The second-order valence-electron chi connectivity index (χ2n) is 4.69. The highest BCUT2D eigenvalue weighted by Crippen LogP contribution is 2.24. The zero-order chi connectivity index (χ0) is 16.9. The van der Waals surface area contributed by atoms with Gasteiger partial charge < -0.3 is 14.5 Å². The molecule has 0 aliphatic rings. The Labute approximate surface area is 140 Å². The zero-order valence-corrected chi connectivity index (χ0v) is 13.1. The van der Waals surface area contributed by atoms with Gasteiger partial charge in [0.2, 0.25) is 5.91 Å². The molecule has 0 saturated heterocycles. The lowest BCUT2D eigenvalue weighted by Crippen LogP contribution is -2.14. The minimum absolute atomic E-state index is 0.0191. The number of halogens is 2. The first-order chi connectivity index (χ1) is 11.6. The molecule has 3 rings (SSSR count). The summed E-state index contributed by atoms with van der Waals surface area (Å²) in [5, 5.41) is 3.00. The summed E-state index contributed by atoms with van der Waals surface area (Å²) in [6.07, 6.45) is 0. The van der Waals surface area contributed by atoms with Gasteiger partial charge in [0.25, 0.3) is 5.22 Å². The highest BCUT2D eigenvalue weighted by atomic mass is 32.2. The van der Waals surface area contributed by atoms with Gasteiger partial charge in [0.15, 0.2) is 5.58 Å². The van der Waals surface area contributed by atoms with E-state index >= 15 is 0 Å². The fourth-order valence-electron chi connectivity index (χ4n) is 1.99. The largest absolute Gasteiger partial charge is 0.435 e. The van der Waals surface area contributed by atoms with Crippen molar-refractivity contribution in [3.8, 4) is 5.75 Å². The molecule has 0 atom stereocenters. The summed E-state index contributed by atoms with van der Waals surface area (Å²) in [5.74, 6) is -0.252. The van der Waals surface area contributed by atoms with Crippen LogP contribution >= 0.6 is 11.8 Å². The highest BCUT2D eigenvalue weighted by Gasteiger charge is 2.10. The zero-order valence-electron chi connectivity index (χ0n) is 12.2. The number of fused-ring (bicyclic) bond motifs is 1. The van der Waals surface area contributed by atoms with Crippen LogP contribution in [-0.4, -0.2) is 23.3 Å².